The molecular formula is C11H15BrClNO. The Hall–Kier alpha value is -0.0900. The second kappa shape index (κ2) is 6.48. The molecule has 0 saturated heterocycles. The molecule has 1 aromatic rings. The molecule has 1 N–H and O–H groups in total. The van der Waals surface area contributed by atoms with Gasteiger partial charge in [-0.25, -0.2) is 0 Å². The number of ether oxygens (including phenoxy) is 1. The molecule has 1 aromatic carbocycles. The van der Waals surface area contributed by atoms with Crippen molar-refractivity contribution in [2.45, 2.75) is 19.5 Å². The lowest BCUT2D eigenvalue weighted by Gasteiger charge is -2.13. The Morgan fingerprint density at radius 1 is 1.53 bits per heavy atom. The minimum absolute atomic E-state index is 0.334. The van der Waals surface area contributed by atoms with Gasteiger partial charge in [-0.15, -0.1) is 0 Å². The lowest BCUT2D eigenvalue weighted by Crippen LogP contribution is -2.29. The Bertz CT molecular complexity index is 319. The fourth-order valence-corrected chi connectivity index (χ4v) is 1.85. The van der Waals surface area contributed by atoms with Crippen LogP contribution in [0.25, 0.3) is 0 Å². The van der Waals surface area contributed by atoms with E-state index in [1.54, 1.807) is 7.11 Å². The minimum atomic E-state index is 0.334. The average Bonchev–Trinajstić information content (AvgIpc) is 2.20. The molecule has 0 saturated carbocycles. The molecule has 0 aliphatic heterocycles. The summed E-state index contributed by atoms with van der Waals surface area (Å²) >= 11 is 9.41. The highest BCUT2D eigenvalue weighted by Crippen LogP contribution is 2.20. The first-order valence-electron chi connectivity index (χ1n) is 4.79. The van der Waals surface area contributed by atoms with E-state index in [2.05, 4.69) is 28.2 Å². The quantitative estimate of drug-likeness (QED) is 0.900. The highest BCUT2D eigenvalue weighted by molar-refractivity contribution is 9.10. The van der Waals surface area contributed by atoms with Gasteiger partial charge in [-0.2, -0.15) is 0 Å². The number of halogens is 2. The number of nitrogens with one attached hydrogen (secondary N) is 1. The summed E-state index contributed by atoms with van der Waals surface area (Å²) in [5, 5.41) is 4.11. The lowest BCUT2D eigenvalue weighted by atomic mass is 10.2. The van der Waals surface area contributed by atoms with Crippen LogP contribution in [-0.4, -0.2) is 19.8 Å². The van der Waals surface area contributed by atoms with E-state index in [1.165, 1.54) is 0 Å². The topological polar surface area (TPSA) is 21.3 Å². The van der Waals surface area contributed by atoms with E-state index in [0.717, 1.165) is 21.6 Å². The summed E-state index contributed by atoms with van der Waals surface area (Å²) in [5.74, 6) is 0. The summed E-state index contributed by atoms with van der Waals surface area (Å²) in [6.07, 6.45) is 0. The van der Waals surface area contributed by atoms with Gasteiger partial charge in [0.1, 0.15) is 0 Å². The van der Waals surface area contributed by atoms with Gasteiger partial charge in [0, 0.05) is 29.2 Å². The average molecular weight is 293 g/mol. The molecular weight excluding hydrogens is 277 g/mol. The van der Waals surface area contributed by atoms with E-state index in [0.29, 0.717) is 12.6 Å². The van der Waals surface area contributed by atoms with Gasteiger partial charge >= 0.3 is 0 Å². The summed E-state index contributed by atoms with van der Waals surface area (Å²) in [5.41, 5.74) is 1.16. The second-order valence-electron chi connectivity index (χ2n) is 3.47. The molecule has 0 aromatic heterocycles. The smallest absolute Gasteiger partial charge is 0.0613 e. The first kappa shape index (κ1) is 13.0. The van der Waals surface area contributed by atoms with Crippen LogP contribution in [0.15, 0.2) is 22.7 Å². The van der Waals surface area contributed by atoms with Crippen molar-refractivity contribution < 1.29 is 4.74 Å². The molecule has 0 heterocycles. The Kier molecular flexibility index (Phi) is 5.61. The molecule has 15 heavy (non-hydrogen) atoms. The molecule has 0 aliphatic rings. The third-order valence-corrected chi connectivity index (χ3v) is 3.07. The van der Waals surface area contributed by atoms with E-state index in [1.807, 2.05) is 18.2 Å². The summed E-state index contributed by atoms with van der Waals surface area (Å²) in [6.45, 7) is 3.58. The van der Waals surface area contributed by atoms with Crippen molar-refractivity contribution >= 4 is 27.5 Å². The van der Waals surface area contributed by atoms with Crippen molar-refractivity contribution in [3.8, 4) is 0 Å². The van der Waals surface area contributed by atoms with Gasteiger partial charge in [0.2, 0.25) is 0 Å². The monoisotopic (exact) mass is 291 g/mol. The standard InChI is InChI=1S/C11H15BrClNO/c1-8(7-15-2)14-6-9-5-10(13)3-4-11(9)12/h3-5,8,14H,6-7H2,1-2H3/t8-/m0/s1. The number of hydrogen-bond acceptors (Lipinski definition) is 2. The van der Waals surface area contributed by atoms with Gasteiger partial charge in [-0.1, -0.05) is 27.5 Å². The zero-order valence-electron chi connectivity index (χ0n) is 8.89. The molecule has 0 spiro atoms. The Morgan fingerprint density at radius 3 is 2.93 bits per heavy atom. The minimum Gasteiger partial charge on any atom is -0.383 e. The van der Waals surface area contributed by atoms with Gasteiger partial charge in [0.25, 0.3) is 0 Å². The fourth-order valence-electron chi connectivity index (χ4n) is 1.27. The SMILES string of the molecule is COC[C@H](C)NCc1cc(Cl)ccc1Br. The molecule has 84 valence electrons. The first-order valence-corrected chi connectivity index (χ1v) is 5.97. The van der Waals surface area contributed by atoms with Crippen molar-refractivity contribution in [1.29, 1.82) is 0 Å². The normalized spacial score (nSPS) is 12.8. The maximum atomic E-state index is 5.92. The predicted octanol–water partition coefficient (Wildman–Crippen LogP) is 3.23. The number of rotatable bonds is 5. The zero-order chi connectivity index (χ0) is 11.3. The molecule has 1 rings (SSSR count). The predicted molar refractivity (Wildman–Crippen MR) is 67.3 cm³/mol. The molecule has 0 unspecified atom stereocenters. The molecule has 0 radical (unpaired) electrons. The Morgan fingerprint density at radius 2 is 2.27 bits per heavy atom. The summed E-state index contributed by atoms with van der Waals surface area (Å²) in [7, 11) is 1.70. The van der Waals surface area contributed by atoms with E-state index >= 15 is 0 Å². The number of methoxy groups -OCH3 is 1. The largest absolute Gasteiger partial charge is 0.383 e. The van der Waals surface area contributed by atoms with E-state index in [9.17, 15) is 0 Å². The second-order valence-corrected chi connectivity index (χ2v) is 4.76. The van der Waals surface area contributed by atoms with Gasteiger partial charge in [0.15, 0.2) is 0 Å². The van der Waals surface area contributed by atoms with Crippen molar-refractivity contribution in [2.24, 2.45) is 0 Å². The maximum Gasteiger partial charge on any atom is 0.0613 e. The van der Waals surface area contributed by atoms with Crippen LogP contribution in [0.4, 0.5) is 0 Å². The number of benzene rings is 1. The van der Waals surface area contributed by atoms with Crippen LogP contribution in [-0.2, 0) is 11.3 Å². The lowest BCUT2D eigenvalue weighted by molar-refractivity contribution is 0.171. The molecule has 4 heteroatoms. The van der Waals surface area contributed by atoms with Crippen molar-refractivity contribution in [1.82, 2.24) is 5.32 Å². The van der Waals surface area contributed by atoms with Gasteiger partial charge in [-0.3, -0.25) is 0 Å². The van der Waals surface area contributed by atoms with Crippen molar-refractivity contribution in [3.05, 3.63) is 33.3 Å². The summed E-state index contributed by atoms with van der Waals surface area (Å²) in [6, 6.07) is 6.12. The van der Waals surface area contributed by atoms with Crippen LogP contribution in [0.2, 0.25) is 5.02 Å². The maximum absolute atomic E-state index is 5.92. The highest BCUT2D eigenvalue weighted by atomic mass is 79.9. The highest BCUT2D eigenvalue weighted by Gasteiger charge is 2.04. The van der Waals surface area contributed by atoms with Gasteiger partial charge < -0.3 is 10.1 Å². The third kappa shape index (κ3) is 4.51. The van der Waals surface area contributed by atoms with Crippen LogP contribution >= 0.6 is 27.5 Å². The van der Waals surface area contributed by atoms with Crippen LogP contribution in [0.1, 0.15) is 12.5 Å². The fraction of sp³-hybridized carbons (Fsp3) is 0.455. The Labute approximate surface area is 104 Å². The number of hydrogen-bond donors (Lipinski definition) is 1. The third-order valence-electron chi connectivity index (χ3n) is 2.07. The van der Waals surface area contributed by atoms with E-state index < -0.39 is 0 Å². The van der Waals surface area contributed by atoms with E-state index in [-0.39, 0.29) is 0 Å². The molecule has 1 atom stereocenters. The molecule has 0 fully saturated rings. The molecule has 0 aliphatic carbocycles. The van der Waals surface area contributed by atoms with Crippen LogP contribution in [0.3, 0.4) is 0 Å². The van der Waals surface area contributed by atoms with Gasteiger partial charge in [0.05, 0.1) is 6.61 Å². The summed E-state index contributed by atoms with van der Waals surface area (Å²) < 4.78 is 6.12. The van der Waals surface area contributed by atoms with Crippen molar-refractivity contribution in [2.75, 3.05) is 13.7 Å². The van der Waals surface area contributed by atoms with E-state index in [4.69, 9.17) is 16.3 Å². The molecule has 0 amide bonds. The first-order chi connectivity index (χ1) is 7.13. The summed E-state index contributed by atoms with van der Waals surface area (Å²) in [4.78, 5) is 0. The van der Waals surface area contributed by atoms with Crippen LogP contribution < -0.4 is 5.32 Å². The van der Waals surface area contributed by atoms with Gasteiger partial charge in [-0.05, 0) is 30.7 Å². The van der Waals surface area contributed by atoms with Crippen molar-refractivity contribution in [3.63, 3.8) is 0 Å². The van der Waals surface area contributed by atoms with Crippen LogP contribution in [0, 0.1) is 0 Å². The molecule has 0 bridgehead atoms. The Balaban J connectivity index is 2.53. The van der Waals surface area contributed by atoms with Crippen LogP contribution in [0.5, 0.6) is 0 Å². The zero-order valence-corrected chi connectivity index (χ0v) is 11.2. The molecule has 2 nitrogen and oxygen atoms in total.